The van der Waals surface area contributed by atoms with Gasteiger partial charge in [-0.15, -0.1) is 0 Å². The van der Waals surface area contributed by atoms with Crippen LogP contribution in [0.25, 0.3) is 0 Å². The minimum Gasteiger partial charge on any atom is -0.456 e. The molecule has 8 nitrogen and oxygen atoms in total. The number of esters is 2. The average molecular weight is 731 g/mol. The number of aliphatic hydroxyl groups excluding tert-OH is 1. The first kappa shape index (κ1) is 47.1. The van der Waals surface area contributed by atoms with Gasteiger partial charge < -0.3 is 24.4 Å². The zero-order chi connectivity index (χ0) is 36.8. The van der Waals surface area contributed by atoms with Crippen LogP contribution in [0.4, 0.5) is 0 Å². The summed E-state index contributed by atoms with van der Waals surface area (Å²) < 4.78 is 23.2. The quantitative estimate of drug-likeness (QED) is 0.0327. The molecule has 1 rings (SSSR count). The lowest BCUT2D eigenvalue weighted by molar-refractivity contribution is -0.175. The zero-order valence-corrected chi connectivity index (χ0v) is 33.4. The minimum atomic E-state index is -4.61. The van der Waals surface area contributed by atoms with Crippen LogP contribution in [0.3, 0.4) is 0 Å². The van der Waals surface area contributed by atoms with Gasteiger partial charge in [0.05, 0.1) is 6.61 Å². The van der Waals surface area contributed by atoms with Gasteiger partial charge >= 0.3 is 19.5 Å². The van der Waals surface area contributed by atoms with Crippen LogP contribution in [0.1, 0.15) is 226 Å². The van der Waals surface area contributed by atoms with Crippen molar-refractivity contribution in [2.45, 2.75) is 243 Å². The lowest BCUT2D eigenvalue weighted by Gasteiger charge is -2.27. The van der Waals surface area contributed by atoms with Crippen LogP contribution >= 0.6 is 7.60 Å². The second kappa shape index (κ2) is 30.5. The van der Waals surface area contributed by atoms with Crippen LogP contribution in [0.2, 0.25) is 0 Å². The van der Waals surface area contributed by atoms with Crippen LogP contribution in [-0.4, -0.2) is 50.8 Å². The van der Waals surface area contributed by atoms with Crippen LogP contribution < -0.4 is 0 Å². The van der Waals surface area contributed by atoms with Crippen LogP contribution in [-0.2, 0) is 23.6 Å². The molecule has 1 aliphatic rings. The van der Waals surface area contributed by atoms with E-state index in [1.807, 2.05) is 0 Å². The second-order valence-corrected chi connectivity index (χ2v) is 17.1. The Morgan fingerprint density at radius 3 is 1.14 bits per heavy atom. The van der Waals surface area contributed by atoms with Crippen molar-refractivity contribution in [2.75, 3.05) is 6.61 Å². The molecule has 9 heteroatoms. The van der Waals surface area contributed by atoms with E-state index in [-0.39, 0.29) is 19.3 Å². The molecular formula is C41H79O8P. The number of carbonyl (C=O) groups excluding carboxylic acids is 2. The SMILES string of the molecule is CCCCCCCCCCCCCCCCCC(=O)O[C@@H](CO)C1(OC(=O)CCCCCCCCCCCCCCCCC)CC1P(=O)(O)O. The van der Waals surface area contributed by atoms with Crippen LogP contribution in [0.15, 0.2) is 0 Å². The summed E-state index contributed by atoms with van der Waals surface area (Å²) in [6.45, 7) is 3.85. The summed E-state index contributed by atoms with van der Waals surface area (Å²) in [4.78, 5) is 45.1. The Balaban J connectivity index is 2.20. The van der Waals surface area contributed by atoms with Gasteiger partial charge in [0.25, 0.3) is 0 Å². The molecule has 0 saturated heterocycles. The number of aliphatic hydroxyl groups is 1. The average Bonchev–Trinajstić information content (AvgIpc) is 3.82. The number of hydrogen-bond acceptors (Lipinski definition) is 6. The monoisotopic (exact) mass is 731 g/mol. The van der Waals surface area contributed by atoms with E-state index in [4.69, 9.17) is 9.47 Å². The maximum atomic E-state index is 12.7. The van der Waals surface area contributed by atoms with E-state index < -0.39 is 43.5 Å². The molecular weight excluding hydrogens is 651 g/mol. The molecule has 0 aromatic rings. The van der Waals surface area contributed by atoms with Crippen molar-refractivity contribution in [1.29, 1.82) is 0 Å². The van der Waals surface area contributed by atoms with Crippen molar-refractivity contribution in [3.63, 3.8) is 0 Å². The molecule has 0 bridgehead atoms. The summed E-state index contributed by atoms with van der Waals surface area (Å²) in [5.74, 6) is -1.10. The zero-order valence-electron chi connectivity index (χ0n) is 32.5. The molecule has 296 valence electrons. The van der Waals surface area contributed by atoms with Crippen molar-refractivity contribution >= 4 is 19.5 Å². The highest BCUT2D eigenvalue weighted by molar-refractivity contribution is 7.53. The summed E-state index contributed by atoms with van der Waals surface area (Å²) in [5, 5.41) is 10.0. The predicted molar refractivity (Wildman–Crippen MR) is 205 cm³/mol. The third-order valence-corrected chi connectivity index (χ3v) is 12.0. The van der Waals surface area contributed by atoms with Crippen molar-refractivity contribution in [1.82, 2.24) is 0 Å². The number of hydrogen-bond donors (Lipinski definition) is 3. The fourth-order valence-electron chi connectivity index (χ4n) is 7.22. The van der Waals surface area contributed by atoms with Gasteiger partial charge in [0.15, 0.2) is 11.7 Å². The highest BCUT2D eigenvalue weighted by atomic mass is 31.2. The lowest BCUT2D eigenvalue weighted by atomic mass is 10.0. The summed E-state index contributed by atoms with van der Waals surface area (Å²) >= 11 is 0. The highest BCUT2D eigenvalue weighted by Gasteiger charge is 2.71. The molecule has 0 spiro atoms. The van der Waals surface area contributed by atoms with Crippen molar-refractivity contribution < 1.29 is 38.5 Å². The van der Waals surface area contributed by atoms with E-state index in [2.05, 4.69) is 13.8 Å². The van der Waals surface area contributed by atoms with Gasteiger partial charge in [-0.25, -0.2) is 0 Å². The van der Waals surface area contributed by atoms with Gasteiger partial charge in [-0.1, -0.05) is 194 Å². The summed E-state index contributed by atoms with van der Waals surface area (Å²) in [6, 6.07) is 0. The van der Waals surface area contributed by atoms with E-state index in [9.17, 15) is 29.0 Å². The molecule has 3 atom stereocenters. The van der Waals surface area contributed by atoms with Crippen molar-refractivity contribution in [2.24, 2.45) is 0 Å². The topological polar surface area (TPSA) is 130 Å². The second-order valence-electron chi connectivity index (χ2n) is 15.3. The maximum Gasteiger partial charge on any atom is 0.332 e. The third-order valence-electron chi connectivity index (χ3n) is 10.6. The molecule has 0 aromatic carbocycles. The molecule has 1 aliphatic carbocycles. The summed E-state index contributed by atoms with van der Waals surface area (Å²) in [5.41, 5.74) is -2.93. The Hall–Kier alpha value is -0.950. The Kier molecular flexibility index (Phi) is 28.7. The Morgan fingerprint density at radius 1 is 0.560 bits per heavy atom. The molecule has 3 N–H and O–H groups in total. The summed E-state index contributed by atoms with van der Waals surface area (Å²) in [6.07, 6.45) is 35.5. The van der Waals surface area contributed by atoms with E-state index in [0.29, 0.717) is 12.8 Å². The first-order valence-corrected chi connectivity index (χ1v) is 23.0. The Bertz CT molecular complexity index is 877. The fraction of sp³-hybridized carbons (Fsp3) is 0.951. The van der Waals surface area contributed by atoms with Gasteiger partial charge in [-0.2, -0.15) is 0 Å². The molecule has 0 radical (unpaired) electrons. The molecule has 0 aliphatic heterocycles. The van der Waals surface area contributed by atoms with Crippen LogP contribution in [0, 0.1) is 0 Å². The van der Waals surface area contributed by atoms with Gasteiger partial charge in [0, 0.05) is 19.3 Å². The van der Waals surface area contributed by atoms with Crippen LogP contribution in [0.5, 0.6) is 0 Å². The maximum absolute atomic E-state index is 12.7. The summed E-state index contributed by atoms with van der Waals surface area (Å²) in [7, 11) is -4.61. The Morgan fingerprint density at radius 2 is 0.860 bits per heavy atom. The lowest BCUT2D eigenvalue weighted by Crippen LogP contribution is -2.42. The van der Waals surface area contributed by atoms with E-state index in [0.717, 1.165) is 38.5 Å². The van der Waals surface area contributed by atoms with E-state index in [1.54, 1.807) is 0 Å². The molecule has 0 heterocycles. The Labute approximate surface area is 307 Å². The minimum absolute atomic E-state index is 0.126. The first-order valence-electron chi connectivity index (χ1n) is 21.3. The molecule has 50 heavy (non-hydrogen) atoms. The molecule has 1 fully saturated rings. The molecule has 0 amide bonds. The van der Waals surface area contributed by atoms with E-state index in [1.165, 1.54) is 141 Å². The van der Waals surface area contributed by atoms with Crippen molar-refractivity contribution in [3.8, 4) is 0 Å². The number of rotatable bonds is 37. The highest BCUT2D eigenvalue weighted by Crippen LogP contribution is 2.64. The van der Waals surface area contributed by atoms with Gasteiger partial charge in [0.1, 0.15) is 5.66 Å². The first-order chi connectivity index (χ1) is 24.2. The largest absolute Gasteiger partial charge is 0.456 e. The molecule has 1 saturated carbocycles. The van der Waals surface area contributed by atoms with Gasteiger partial charge in [-0.05, 0) is 12.8 Å². The van der Waals surface area contributed by atoms with Gasteiger partial charge in [0.2, 0.25) is 0 Å². The van der Waals surface area contributed by atoms with E-state index >= 15 is 0 Å². The number of ether oxygens (including phenoxy) is 2. The number of carbonyl (C=O) groups is 2. The van der Waals surface area contributed by atoms with Gasteiger partial charge in [-0.3, -0.25) is 14.2 Å². The standard InChI is InChI=1S/C41H79O8P/c1-3-5-7-9-11-13-15-17-19-21-23-25-27-29-31-33-39(43)48-37(36-42)41(35-38(41)50(45,46)47)49-40(44)34-32-30-28-26-24-22-20-18-16-14-12-10-8-6-4-2/h37-38,42H,3-36H2,1-2H3,(H2,45,46,47)/t37-,38?,41?/m0/s1. The molecule has 2 unspecified atom stereocenters. The normalized spacial score (nSPS) is 17.9. The molecule has 0 aromatic heterocycles. The fourth-order valence-corrected chi connectivity index (χ4v) is 8.53. The third kappa shape index (κ3) is 23.6. The smallest absolute Gasteiger partial charge is 0.332 e. The predicted octanol–water partition coefficient (Wildman–Crippen LogP) is 11.6. The van der Waals surface area contributed by atoms with Crippen molar-refractivity contribution in [3.05, 3.63) is 0 Å². The number of unbranched alkanes of at least 4 members (excludes halogenated alkanes) is 28.